The van der Waals surface area contributed by atoms with E-state index >= 15 is 0 Å². The fourth-order valence-electron chi connectivity index (χ4n) is 2.09. The van der Waals surface area contributed by atoms with E-state index in [1.54, 1.807) is 6.92 Å². The van der Waals surface area contributed by atoms with Crippen molar-refractivity contribution in [1.82, 2.24) is 15.3 Å². The summed E-state index contributed by atoms with van der Waals surface area (Å²) >= 11 is 5.94. The molecule has 0 bridgehead atoms. The van der Waals surface area contributed by atoms with Gasteiger partial charge in [0.25, 0.3) is 5.91 Å². The van der Waals surface area contributed by atoms with Crippen LogP contribution in [-0.4, -0.2) is 53.7 Å². The fourth-order valence-corrected chi connectivity index (χ4v) is 2.27. The van der Waals surface area contributed by atoms with Crippen LogP contribution in [0.2, 0.25) is 5.02 Å². The number of nitrogens with one attached hydrogen (secondary N) is 1. The van der Waals surface area contributed by atoms with E-state index in [0.717, 1.165) is 0 Å². The van der Waals surface area contributed by atoms with Crippen LogP contribution >= 0.6 is 11.6 Å². The summed E-state index contributed by atoms with van der Waals surface area (Å²) in [5.41, 5.74) is 5.16. The average molecular weight is 329 g/mol. The van der Waals surface area contributed by atoms with Crippen molar-refractivity contribution in [3.05, 3.63) is 22.7 Å². The first-order valence-electron chi connectivity index (χ1n) is 6.75. The summed E-state index contributed by atoms with van der Waals surface area (Å²) < 4.78 is 10.7. The number of carbonyl (C=O) groups is 2. The van der Waals surface area contributed by atoms with Gasteiger partial charge in [-0.1, -0.05) is 11.6 Å². The maximum Gasteiger partial charge on any atom is 0.271 e. The first-order valence-corrected chi connectivity index (χ1v) is 7.13. The Hall–Kier alpha value is -1.77. The highest BCUT2D eigenvalue weighted by Crippen LogP contribution is 2.15. The Morgan fingerprint density at radius 3 is 3.09 bits per heavy atom. The lowest BCUT2D eigenvalue weighted by molar-refractivity contribution is -0.128. The molecule has 0 unspecified atom stereocenters. The highest BCUT2D eigenvalue weighted by molar-refractivity contribution is 6.33. The first-order chi connectivity index (χ1) is 10.5. The Morgan fingerprint density at radius 2 is 2.36 bits per heavy atom. The zero-order chi connectivity index (χ0) is 16.1. The molecule has 2 heterocycles. The predicted octanol–water partition coefficient (Wildman–Crippen LogP) is -0.172. The van der Waals surface area contributed by atoms with Crippen LogP contribution in [0.4, 0.5) is 0 Å². The number of nitrogens with two attached hydrogens (primary N) is 1. The normalized spacial score (nSPS) is 21.4. The van der Waals surface area contributed by atoms with E-state index in [1.807, 2.05) is 0 Å². The molecule has 1 aliphatic heterocycles. The highest BCUT2D eigenvalue weighted by Gasteiger charge is 2.29. The van der Waals surface area contributed by atoms with Gasteiger partial charge in [0.1, 0.15) is 18.1 Å². The predicted molar refractivity (Wildman–Crippen MR) is 77.4 cm³/mol. The minimum absolute atomic E-state index is 0.0911. The largest absolute Gasteiger partial charge is 0.379 e. The van der Waals surface area contributed by atoms with Crippen LogP contribution in [0.1, 0.15) is 22.7 Å². The lowest BCUT2D eigenvalue weighted by Crippen LogP contribution is -2.51. The number of ether oxygens (including phenoxy) is 2. The SMILES string of the molecule is Cc1ncc(Cl)c(C(=O)N[C@@H]2COCC[C@@H]2OCC(N)=O)n1. The van der Waals surface area contributed by atoms with Crippen molar-refractivity contribution in [2.45, 2.75) is 25.5 Å². The smallest absolute Gasteiger partial charge is 0.271 e. The molecular formula is C13H17ClN4O4. The van der Waals surface area contributed by atoms with Crippen LogP contribution in [-0.2, 0) is 14.3 Å². The number of amides is 2. The highest BCUT2D eigenvalue weighted by atomic mass is 35.5. The molecule has 0 radical (unpaired) electrons. The zero-order valence-electron chi connectivity index (χ0n) is 12.0. The van der Waals surface area contributed by atoms with Crippen molar-refractivity contribution in [2.24, 2.45) is 5.73 Å². The molecule has 2 amide bonds. The number of nitrogens with zero attached hydrogens (tertiary/aromatic N) is 2. The second kappa shape index (κ2) is 7.48. The number of rotatable bonds is 5. The van der Waals surface area contributed by atoms with Crippen LogP contribution in [0, 0.1) is 6.92 Å². The van der Waals surface area contributed by atoms with Gasteiger partial charge in [0.15, 0.2) is 0 Å². The third kappa shape index (κ3) is 4.36. The minimum Gasteiger partial charge on any atom is -0.379 e. The topological polar surface area (TPSA) is 116 Å². The van der Waals surface area contributed by atoms with Crippen molar-refractivity contribution in [1.29, 1.82) is 0 Å². The lowest BCUT2D eigenvalue weighted by Gasteiger charge is -2.31. The second-order valence-corrected chi connectivity index (χ2v) is 5.28. The van der Waals surface area contributed by atoms with E-state index in [-0.39, 0.29) is 30.0 Å². The van der Waals surface area contributed by atoms with Crippen LogP contribution in [0.3, 0.4) is 0 Å². The van der Waals surface area contributed by atoms with Crippen LogP contribution < -0.4 is 11.1 Å². The van der Waals surface area contributed by atoms with Gasteiger partial charge in [0, 0.05) is 6.61 Å². The van der Waals surface area contributed by atoms with Crippen LogP contribution in [0.5, 0.6) is 0 Å². The number of hydrogen-bond acceptors (Lipinski definition) is 6. The number of primary amides is 1. The second-order valence-electron chi connectivity index (χ2n) is 4.87. The van der Waals surface area contributed by atoms with E-state index in [0.29, 0.717) is 18.9 Å². The maximum absolute atomic E-state index is 12.3. The molecule has 1 saturated heterocycles. The molecule has 0 saturated carbocycles. The Bertz CT molecular complexity index is 569. The van der Waals surface area contributed by atoms with Crippen molar-refractivity contribution >= 4 is 23.4 Å². The van der Waals surface area contributed by atoms with Gasteiger partial charge in [0.05, 0.1) is 30.0 Å². The fraction of sp³-hybridized carbons (Fsp3) is 0.538. The van der Waals surface area contributed by atoms with E-state index in [2.05, 4.69) is 15.3 Å². The van der Waals surface area contributed by atoms with Gasteiger partial charge >= 0.3 is 0 Å². The van der Waals surface area contributed by atoms with E-state index in [1.165, 1.54) is 6.20 Å². The molecule has 8 nitrogen and oxygen atoms in total. The van der Waals surface area contributed by atoms with E-state index in [9.17, 15) is 9.59 Å². The van der Waals surface area contributed by atoms with E-state index < -0.39 is 17.9 Å². The molecule has 1 aliphatic rings. The summed E-state index contributed by atoms with van der Waals surface area (Å²) in [6.45, 7) is 2.22. The summed E-state index contributed by atoms with van der Waals surface area (Å²) in [7, 11) is 0. The molecule has 1 aromatic heterocycles. The van der Waals surface area contributed by atoms with Crippen molar-refractivity contribution in [3.8, 4) is 0 Å². The summed E-state index contributed by atoms with van der Waals surface area (Å²) in [5, 5.41) is 2.92. The lowest BCUT2D eigenvalue weighted by atomic mass is 10.1. The summed E-state index contributed by atoms with van der Waals surface area (Å²) in [6.07, 6.45) is 1.57. The van der Waals surface area contributed by atoms with Crippen molar-refractivity contribution < 1.29 is 19.1 Å². The standard InChI is InChI=1S/C13H17ClN4O4/c1-7-16-4-8(14)12(17-7)13(20)18-9-5-21-3-2-10(9)22-6-11(15)19/h4,9-10H,2-3,5-6H2,1H3,(H2,15,19)(H,18,20)/t9-,10+/m1/s1. The van der Waals surface area contributed by atoms with E-state index in [4.69, 9.17) is 26.8 Å². The molecule has 120 valence electrons. The third-order valence-corrected chi connectivity index (χ3v) is 3.41. The molecule has 2 rings (SSSR count). The molecule has 2 atom stereocenters. The Labute approximate surface area is 132 Å². The number of aryl methyl sites for hydroxylation is 1. The van der Waals surface area contributed by atoms with Gasteiger partial charge in [-0.15, -0.1) is 0 Å². The number of halogens is 1. The molecule has 0 spiro atoms. The van der Waals surface area contributed by atoms with Gasteiger partial charge < -0.3 is 20.5 Å². The quantitative estimate of drug-likeness (QED) is 0.775. The third-order valence-electron chi connectivity index (χ3n) is 3.13. The van der Waals surface area contributed by atoms with Gasteiger partial charge in [-0.2, -0.15) is 0 Å². The monoisotopic (exact) mass is 328 g/mol. The van der Waals surface area contributed by atoms with Crippen molar-refractivity contribution in [2.75, 3.05) is 19.8 Å². The molecule has 0 aliphatic carbocycles. The summed E-state index contributed by atoms with van der Waals surface area (Å²) in [6, 6.07) is -0.410. The molecule has 3 N–H and O–H groups in total. The minimum atomic E-state index is -0.564. The van der Waals surface area contributed by atoms with Gasteiger partial charge in [0.2, 0.25) is 5.91 Å². The Balaban J connectivity index is 2.04. The number of hydrogen-bond donors (Lipinski definition) is 2. The van der Waals surface area contributed by atoms with Crippen LogP contribution in [0.15, 0.2) is 6.20 Å². The van der Waals surface area contributed by atoms with Crippen LogP contribution in [0.25, 0.3) is 0 Å². The molecular weight excluding hydrogens is 312 g/mol. The Morgan fingerprint density at radius 1 is 1.59 bits per heavy atom. The average Bonchev–Trinajstić information content (AvgIpc) is 2.48. The summed E-state index contributed by atoms with van der Waals surface area (Å²) in [4.78, 5) is 31.0. The Kier molecular flexibility index (Phi) is 5.64. The molecule has 1 aromatic rings. The molecule has 0 aromatic carbocycles. The first kappa shape index (κ1) is 16.6. The zero-order valence-corrected chi connectivity index (χ0v) is 12.8. The molecule has 9 heteroatoms. The number of carbonyl (C=O) groups excluding carboxylic acids is 2. The molecule has 1 fully saturated rings. The van der Waals surface area contributed by atoms with Gasteiger partial charge in [-0.05, 0) is 13.3 Å². The number of aromatic nitrogens is 2. The maximum atomic E-state index is 12.3. The van der Waals surface area contributed by atoms with Gasteiger partial charge in [-0.3, -0.25) is 9.59 Å². The summed E-state index contributed by atoms with van der Waals surface area (Å²) in [5.74, 6) is -0.569. The van der Waals surface area contributed by atoms with Gasteiger partial charge in [-0.25, -0.2) is 9.97 Å². The van der Waals surface area contributed by atoms with Crippen molar-refractivity contribution in [3.63, 3.8) is 0 Å². The molecule has 22 heavy (non-hydrogen) atoms.